The van der Waals surface area contributed by atoms with Gasteiger partial charge in [0.1, 0.15) is 5.56 Å². The molecule has 0 saturated carbocycles. The first-order valence-electron chi connectivity index (χ1n) is 6.04. The fourth-order valence-corrected chi connectivity index (χ4v) is 1.88. The second kappa shape index (κ2) is 5.48. The van der Waals surface area contributed by atoms with Crippen LogP contribution in [0, 0.1) is 6.92 Å². The van der Waals surface area contributed by atoms with E-state index in [4.69, 9.17) is 0 Å². The molecule has 5 heteroatoms. The number of hydrogen-bond donors (Lipinski definition) is 1. The molecule has 19 heavy (non-hydrogen) atoms. The summed E-state index contributed by atoms with van der Waals surface area (Å²) in [6, 6.07) is 7.59. The first-order valence-corrected chi connectivity index (χ1v) is 6.04. The van der Waals surface area contributed by atoms with Crippen LogP contribution in [0.15, 0.2) is 41.6 Å². The van der Waals surface area contributed by atoms with Gasteiger partial charge in [0.2, 0.25) is 0 Å². The highest BCUT2D eigenvalue weighted by Gasteiger charge is 2.19. The quantitative estimate of drug-likeness (QED) is 0.910. The van der Waals surface area contributed by atoms with Crippen molar-refractivity contribution < 1.29 is 4.79 Å². The number of anilines is 1. The molecule has 1 N–H and O–H groups in total. The van der Waals surface area contributed by atoms with Crippen molar-refractivity contribution in [3.8, 4) is 0 Å². The van der Waals surface area contributed by atoms with E-state index in [0.29, 0.717) is 6.54 Å². The molecule has 0 atom stereocenters. The van der Waals surface area contributed by atoms with Crippen LogP contribution in [-0.2, 0) is 0 Å². The lowest BCUT2D eigenvalue weighted by atomic mass is 10.2. The lowest BCUT2D eigenvalue weighted by Crippen LogP contribution is -2.34. The highest BCUT2D eigenvalue weighted by Crippen LogP contribution is 2.17. The zero-order chi connectivity index (χ0) is 13.8. The zero-order valence-electron chi connectivity index (χ0n) is 10.9. The van der Waals surface area contributed by atoms with Gasteiger partial charge in [-0.3, -0.25) is 9.59 Å². The molecule has 98 valence electrons. The van der Waals surface area contributed by atoms with Crippen molar-refractivity contribution in [1.82, 2.24) is 9.97 Å². The van der Waals surface area contributed by atoms with Crippen LogP contribution in [-0.4, -0.2) is 22.4 Å². The maximum atomic E-state index is 12.4. The van der Waals surface area contributed by atoms with Crippen LogP contribution in [0.1, 0.15) is 22.8 Å². The summed E-state index contributed by atoms with van der Waals surface area (Å²) in [4.78, 5) is 31.8. The lowest BCUT2D eigenvalue weighted by molar-refractivity contribution is 0.0986. The molecule has 1 heterocycles. The van der Waals surface area contributed by atoms with Gasteiger partial charge in [-0.2, -0.15) is 0 Å². The summed E-state index contributed by atoms with van der Waals surface area (Å²) < 4.78 is 0. The average Bonchev–Trinajstić information content (AvgIpc) is 2.40. The van der Waals surface area contributed by atoms with Gasteiger partial charge in [-0.15, -0.1) is 0 Å². The number of carbonyl (C=O) groups excluding carboxylic acids is 1. The molecule has 1 aromatic heterocycles. The predicted octanol–water partition coefficient (Wildman–Crippen LogP) is 1.75. The molecule has 0 aliphatic rings. The normalized spacial score (nSPS) is 10.2. The standard InChI is InChI=1S/C14H15N3O2/c1-3-17(11-6-4-5-10(2)7-11)14(19)12-8-15-9-16-13(12)18/h4-9H,3H2,1-2H3,(H,15,16,18). The highest BCUT2D eigenvalue weighted by molar-refractivity contribution is 6.05. The van der Waals surface area contributed by atoms with Crippen LogP contribution in [0.25, 0.3) is 0 Å². The van der Waals surface area contributed by atoms with E-state index >= 15 is 0 Å². The fraction of sp³-hybridized carbons (Fsp3) is 0.214. The zero-order valence-corrected chi connectivity index (χ0v) is 10.9. The molecule has 2 aromatic rings. The van der Waals surface area contributed by atoms with Gasteiger partial charge in [0.25, 0.3) is 11.5 Å². The van der Waals surface area contributed by atoms with Gasteiger partial charge in [-0.25, -0.2) is 4.98 Å². The Kier molecular flexibility index (Phi) is 3.75. The van der Waals surface area contributed by atoms with Gasteiger partial charge in [0.05, 0.1) is 6.33 Å². The van der Waals surface area contributed by atoms with Crippen molar-refractivity contribution >= 4 is 11.6 Å². The fourth-order valence-electron chi connectivity index (χ4n) is 1.88. The van der Waals surface area contributed by atoms with E-state index in [9.17, 15) is 9.59 Å². The molecular formula is C14H15N3O2. The van der Waals surface area contributed by atoms with Gasteiger partial charge in [0, 0.05) is 18.4 Å². The molecule has 2 rings (SSSR count). The molecule has 0 unspecified atom stereocenters. The molecule has 0 aliphatic carbocycles. The molecule has 1 aromatic carbocycles. The molecule has 0 spiro atoms. The van der Waals surface area contributed by atoms with Crippen LogP contribution in [0.4, 0.5) is 5.69 Å². The predicted molar refractivity (Wildman–Crippen MR) is 73.4 cm³/mol. The van der Waals surface area contributed by atoms with Gasteiger partial charge in [-0.05, 0) is 31.5 Å². The number of nitrogens with zero attached hydrogens (tertiary/aromatic N) is 2. The topological polar surface area (TPSA) is 66.1 Å². The third-order valence-electron chi connectivity index (χ3n) is 2.82. The summed E-state index contributed by atoms with van der Waals surface area (Å²) >= 11 is 0. The van der Waals surface area contributed by atoms with E-state index < -0.39 is 5.56 Å². The number of aromatic nitrogens is 2. The Morgan fingerprint density at radius 2 is 2.21 bits per heavy atom. The smallest absolute Gasteiger partial charge is 0.265 e. The van der Waals surface area contributed by atoms with Gasteiger partial charge >= 0.3 is 0 Å². The van der Waals surface area contributed by atoms with E-state index in [2.05, 4.69) is 9.97 Å². The SMILES string of the molecule is CCN(C(=O)c1cnc[nH]c1=O)c1cccc(C)c1. The number of rotatable bonds is 3. The van der Waals surface area contributed by atoms with Gasteiger partial charge < -0.3 is 9.88 Å². The van der Waals surface area contributed by atoms with E-state index in [1.165, 1.54) is 12.5 Å². The largest absolute Gasteiger partial charge is 0.312 e. The van der Waals surface area contributed by atoms with Crippen molar-refractivity contribution in [2.45, 2.75) is 13.8 Å². The summed E-state index contributed by atoms with van der Waals surface area (Å²) in [5, 5.41) is 0. The Morgan fingerprint density at radius 1 is 1.42 bits per heavy atom. The molecule has 1 amide bonds. The number of benzene rings is 1. The van der Waals surface area contributed by atoms with Gasteiger partial charge in [0.15, 0.2) is 0 Å². The number of aryl methyl sites for hydroxylation is 1. The van der Waals surface area contributed by atoms with Gasteiger partial charge in [-0.1, -0.05) is 12.1 Å². The van der Waals surface area contributed by atoms with Crippen LogP contribution < -0.4 is 10.5 Å². The number of nitrogens with one attached hydrogen (secondary N) is 1. The summed E-state index contributed by atoms with van der Waals surface area (Å²) in [5.41, 5.74) is 1.46. The minimum absolute atomic E-state index is 0.0471. The highest BCUT2D eigenvalue weighted by atomic mass is 16.2. The first kappa shape index (κ1) is 13.0. The molecule has 0 aliphatic heterocycles. The Hall–Kier alpha value is -2.43. The van der Waals surface area contributed by atoms with Crippen molar-refractivity contribution in [1.29, 1.82) is 0 Å². The molecule has 0 saturated heterocycles. The third-order valence-corrected chi connectivity index (χ3v) is 2.82. The number of aromatic amines is 1. The number of H-pyrrole nitrogens is 1. The lowest BCUT2D eigenvalue weighted by Gasteiger charge is -2.20. The molecule has 5 nitrogen and oxygen atoms in total. The Bertz CT molecular complexity index is 649. The van der Waals surface area contributed by atoms with E-state index in [-0.39, 0.29) is 11.5 Å². The van der Waals surface area contributed by atoms with Crippen molar-refractivity contribution in [2.24, 2.45) is 0 Å². The number of amides is 1. The van der Waals surface area contributed by atoms with Crippen LogP contribution in [0.3, 0.4) is 0 Å². The summed E-state index contributed by atoms with van der Waals surface area (Å²) in [6.45, 7) is 4.31. The first-order chi connectivity index (χ1) is 9.13. The maximum absolute atomic E-state index is 12.4. The van der Waals surface area contributed by atoms with Crippen molar-refractivity contribution in [3.63, 3.8) is 0 Å². The van der Waals surface area contributed by atoms with E-state index in [0.717, 1.165) is 11.3 Å². The monoisotopic (exact) mass is 257 g/mol. The van der Waals surface area contributed by atoms with Crippen LogP contribution in [0.5, 0.6) is 0 Å². The Labute approximate surface area is 110 Å². The number of carbonyl (C=O) groups is 1. The number of hydrogen-bond acceptors (Lipinski definition) is 3. The molecule has 0 bridgehead atoms. The van der Waals surface area contributed by atoms with E-state index in [1.807, 2.05) is 38.1 Å². The molecule has 0 radical (unpaired) electrons. The third kappa shape index (κ3) is 2.70. The summed E-state index contributed by atoms with van der Waals surface area (Å²) in [5.74, 6) is -0.345. The second-order valence-corrected chi connectivity index (χ2v) is 4.18. The minimum atomic E-state index is -0.425. The molecular weight excluding hydrogens is 242 g/mol. The van der Waals surface area contributed by atoms with Crippen molar-refractivity contribution in [3.05, 3.63) is 58.3 Å². The van der Waals surface area contributed by atoms with Crippen LogP contribution in [0.2, 0.25) is 0 Å². The Morgan fingerprint density at radius 3 is 2.84 bits per heavy atom. The molecule has 0 fully saturated rings. The Balaban J connectivity index is 2.41. The maximum Gasteiger partial charge on any atom is 0.265 e. The second-order valence-electron chi connectivity index (χ2n) is 4.18. The summed E-state index contributed by atoms with van der Waals surface area (Å²) in [7, 11) is 0. The van der Waals surface area contributed by atoms with E-state index in [1.54, 1.807) is 4.90 Å². The van der Waals surface area contributed by atoms with Crippen molar-refractivity contribution in [2.75, 3.05) is 11.4 Å². The van der Waals surface area contributed by atoms with Crippen LogP contribution >= 0.6 is 0 Å². The summed E-state index contributed by atoms with van der Waals surface area (Å²) in [6.07, 6.45) is 2.56. The average molecular weight is 257 g/mol. The minimum Gasteiger partial charge on any atom is -0.312 e.